The van der Waals surface area contributed by atoms with E-state index in [1.807, 2.05) is 23.0 Å². The number of fused-ring (bicyclic) bond motifs is 1. The molecule has 2 aromatic rings. The van der Waals surface area contributed by atoms with Crippen molar-refractivity contribution in [2.45, 2.75) is 52.1 Å². The van der Waals surface area contributed by atoms with Gasteiger partial charge in [0, 0.05) is 23.8 Å². The van der Waals surface area contributed by atoms with Crippen LogP contribution < -0.4 is 5.32 Å². The van der Waals surface area contributed by atoms with Crippen molar-refractivity contribution in [1.29, 1.82) is 0 Å². The van der Waals surface area contributed by atoms with Crippen LogP contribution in [0, 0.1) is 0 Å². The van der Waals surface area contributed by atoms with Gasteiger partial charge in [0.1, 0.15) is 0 Å². The van der Waals surface area contributed by atoms with Gasteiger partial charge < -0.3 is 5.32 Å². The normalized spacial score (nSPS) is 12.2. The highest BCUT2D eigenvalue weighted by Gasteiger charge is 2.23. The minimum Gasteiger partial charge on any atom is -0.307 e. The third-order valence-corrected chi connectivity index (χ3v) is 4.19. The Balaban J connectivity index is 2.14. The van der Waals surface area contributed by atoms with E-state index in [4.69, 9.17) is 0 Å². The van der Waals surface area contributed by atoms with Crippen molar-refractivity contribution in [3.8, 4) is 0 Å². The maximum absolute atomic E-state index is 4.37. The van der Waals surface area contributed by atoms with Gasteiger partial charge in [-0.05, 0) is 31.4 Å². The summed E-state index contributed by atoms with van der Waals surface area (Å²) < 4.78 is 1.93. The second-order valence-corrected chi connectivity index (χ2v) is 4.89. The highest BCUT2D eigenvalue weighted by molar-refractivity contribution is 5.53. The van der Waals surface area contributed by atoms with Gasteiger partial charge in [-0.3, -0.25) is 0 Å². The summed E-state index contributed by atoms with van der Waals surface area (Å²) in [4.78, 5) is 0. The average Bonchev–Trinajstić information content (AvgIpc) is 2.85. The Morgan fingerprint density at radius 3 is 2.56 bits per heavy atom. The van der Waals surface area contributed by atoms with E-state index in [0.717, 1.165) is 6.54 Å². The van der Waals surface area contributed by atoms with E-state index in [2.05, 4.69) is 43.3 Å². The molecule has 0 saturated carbocycles. The zero-order valence-electron chi connectivity index (χ0n) is 11.6. The van der Waals surface area contributed by atoms with Crippen LogP contribution in [0.25, 0.3) is 5.52 Å². The van der Waals surface area contributed by atoms with Crippen molar-refractivity contribution in [2.75, 3.05) is 0 Å². The van der Waals surface area contributed by atoms with Gasteiger partial charge in [0.25, 0.3) is 0 Å². The smallest absolute Gasteiger partial charge is 0.0706 e. The topological polar surface area (TPSA) is 29.3 Å². The molecule has 0 amide bonds. The zero-order valence-corrected chi connectivity index (χ0v) is 11.6. The third-order valence-electron chi connectivity index (χ3n) is 4.19. The van der Waals surface area contributed by atoms with E-state index in [1.165, 1.54) is 30.3 Å². The number of pyridine rings is 1. The van der Waals surface area contributed by atoms with E-state index in [-0.39, 0.29) is 5.54 Å². The van der Waals surface area contributed by atoms with Gasteiger partial charge in [-0.25, -0.2) is 4.52 Å². The van der Waals surface area contributed by atoms with Crippen LogP contribution in [0.4, 0.5) is 0 Å². The highest BCUT2D eigenvalue weighted by atomic mass is 15.2. The molecule has 0 spiro atoms. The lowest BCUT2D eigenvalue weighted by Crippen LogP contribution is -2.43. The lowest BCUT2D eigenvalue weighted by molar-refractivity contribution is 0.288. The molecule has 0 aliphatic carbocycles. The predicted molar refractivity (Wildman–Crippen MR) is 75.6 cm³/mol. The van der Waals surface area contributed by atoms with E-state index in [1.54, 1.807) is 0 Å². The van der Waals surface area contributed by atoms with Crippen LogP contribution in [0.15, 0.2) is 30.6 Å². The summed E-state index contributed by atoms with van der Waals surface area (Å²) in [6.07, 6.45) is 7.46. The first-order valence-corrected chi connectivity index (χ1v) is 6.91. The quantitative estimate of drug-likeness (QED) is 0.845. The van der Waals surface area contributed by atoms with Crippen molar-refractivity contribution >= 4 is 5.52 Å². The van der Waals surface area contributed by atoms with Crippen molar-refractivity contribution in [3.05, 3.63) is 36.2 Å². The Kier molecular flexibility index (Phi) is 4.02. The minimum absolute atomic E-state index is 0.267. The maximum Gasteiger partial charge on any atom is 0.0706 e. The molecule has 0 unspecified atom stereocenters. The van der Waals surface area contributed by atoms with Crippen molar-refractivity contribution in [3.63, 3.8) is 0 Å². The lowest BCUT2D eigenvalue weighted by Gasteiger charge is -2.32. The van der Waals surface area contributed by atoms with Gasteiger partial charge in [0.15, 0.2) is 0 Å². The van der Waals surface area contributed by atoms with Crippen molar-refractivity contribution in [2.24, 2.45) is 0 Å². The van der Waals surface area contributed by atoms with Crippen LogP contribution in [-0.4, -0.2) is 15.2 Å². The van der Waals surface area contributed by atoms with Gasteiger partial charge in [-0.2, -0.15) is 5.10 Å². The van der Waals surface area contributed by atoms with E-state index in [9.17, 15) is 0 Å². The first-order valence-electron chi connectivity index (χ1n) is 6.91. The molecule has 18 heavy (non-hydrogen) atoms. The molecule has 2 aromatic heterocycles. The summed E-state index contributed by atoms with van der Waals surface area (Å²) in [5.41, 5.74) is 2.74. The largest absolute Gasteiger partial charge is 0.307 e. The van der Waals surface area contributed by atoms with Crippen LogP contribution in [0.1, 0.15) is 45.6 Å². The standard InChI is InChI=1S/C15H23N3/c1-4-15(5-2,6-3)16-11-13-12-17-18-10-8-7-9-14(13)18/h7-10,12,16H,4-6,11H2,1-3H3. The summed E-state index contributed by atoms with van der Waals surface area (Å²) in [5, 5.41) is 8.10. The number of nitrogens with one attached hydrogen (secondary N) is 1. The molecule has 3 nitrogen and oxygen atoms in total. The SMILES string of the molecule is CCC(CC)(CC)NCc1cnn2ccccc12. The third kappa shape index (κ3) is 2.41. The van der Waals surface area contributed by atoms with Gasteiger partial charge >= 0.3 is 0 Å². The Morgan fingerprint density at radius 1 is 1.17 bits per heavy atom. The average molecular weight is 245 g/mol. The number of hydrogen-bond acceptors (Lipinski definition) is 2. The fraction of sp³-hybridized carbons (Fsp3) is 0.533. The fourth-order valence-corrected chi connectivity index (χ4v) is 2.53. The highest BCUT2D eigenvalue weighted by Crippen LogP contribution is 2.20. The Labute approximate surface area is 109 Å². The molecule has 2 rings (SSSR count). The monoisotopic (exact) mass is 245 g/mol. The molecule has 0 aliphatic rings. The van der Waals surface area contributed by atoms with Gasteiger partial charge in [-0.1, -0.05) is 26.8 Å². The van der Waals surface area contributed by atoms with Gasteiger partial charge in [0.05, 0.1) is 11.7 Å². The maximum atomic E-state index is 4.37. The molecule has 0 atom stereocenters. The Bertz CT molecular complexity index is 489. The molecule has 0 aliphatic heterocycles. The fourth-order valence-electron chi connectivity index (χ4n) is 2.53. The predicted octanol–water partition coefficient (Wildman–Crippen LogP) is 3.39. The minimum atomic E-state index is 0.267. The first kappa shape index (κ1) is 13.1. The van der Waals surface area contributed by atoms with E-state index >= 15 is 0 Å². The number of hydrogen-bond donors (Lipinski definition) is 1. The van der Waals surface area contributed by atoms with Crippen molar-refractivity contribution in [1.82, 2.24) is 14.9 Å². The summed E-state index contributed by atoms with van der Waals surface area (Å²) in [6, 6.07) is 6.19. The molecule has 0 bridgehead atoms. The molecule has 0 saturated heterocycles. The first-order chi connectivity index (χ1) is 8.74. The van der Waals surface area contributed by atoms with E-state index in [0.29, 0.717) is 0 Å². The Morgan fingerprint density at radius 2 is 1.89 bits per heavy atom. The van der Waals surface area contributed by atoms with Crippen LogP contribution >= 0.6 is 0 Å². The second kappa shape index (κ2) is 5.53. The van der Waals surface area contributed by atoms with Crippen LogP contribution in [0.2, 0.25) is 0 Å². The molecule has 0 fully saturated rings. The Hall–Kier alpha value is -1.35. The summed E-state index contributed by atoms with van der Waals surface area (Å²) in [7, 11) is 0. The number of aromatic nitrogens is 2. The van der Waals surface area contributed by atoms with Crippen LogP contribution in [0.3, 0.4) is 0 Å². The van der Waals surface area contributed by atoms with Crippen molar-refractivity contribution < 1.29 is 0 Å². The summed E-state index contributed by atoms with van der Waals surface area (Å²) in [6.45, 7) is 7.67. The van der Waals surface area contributed by atoms with Gasteiger partial charge in [0.2, 0.25) is 0 Å². The summed E-state index contributed by atoms with van der Waals surface area (Å²) in [5.74, 6) is 0. The molecule has 1 N–H and O–H groups in total. The lowest BCUT2D eigenvalue weighted by atomic mass is 9.89. The van der Waals surface area contributed by atoms with Crippen LogP contribution in [0.5, 0.6) is 0 Å². The second-order valence-electron chi connectivity index (χ2n) is 4.89. The molecule has 0 radical (unpaired) electrons. The molecule has 3 heteroatoms. The number of rotatable bonds is 6. The van der Waals surface area contributed by atoms with Gasteiger partial charge in [-0.15, -0.1) is 0 Å². The molecule has 0 aromatic carbocycles. The number of nitrogens with zero attached hydrogens (tertiary/aromatic N) is 2. The summed E-state index contributed by atoms with van der Waals surface area (Å²) >= 11 is 0. The zero-order chi connectivity index (χ0) is 13.0. The molecular formula is C15H23N3. The molecular weight excluding hydrogens is 222 g/mol. The molecule has 2 heterocycles. The van der Waals surface area contributed by atoms with E-state index < -0.39 is 0 Å². The molecule has 98 valence electrons. The van der Waals surface area contributed by atoms with Crippen LogP contribution in [-0.2, 0) is 6.54 Å².